The molecule has 0 fully saturated rings. The summed E-state index contributed by atoms with van der Waals surface area (Å²) in [6, 6.07) is 14.9. The Morgan fingerprint density at radius 2 is 1.82 bits per heavy atom. The molecule has 0 aliphatic carbocycles. The van der Waals surface area contributed by atoms with Crippen LogP contribution in [0.2, 0.25) is 0 Å². The van der Waals surface area contributed by atoms with Crippen molar-refractivity contribution in [3.8, 4) is 17.2 Å². The van der Waals surface area contributed by atoms with Gasteiger partial charge in [-0.25, -0.2) is 0 Å². The summed E-state index contributed by atoms with van der Waals surface area (Å²) in [6.45, 7) is 3.02. The minimum atomic E-state index is -0.269. The first-order valence-electron chi connectivity index (χ1n) is 7.44. The van der Waals surface area contributed by atoms with Gasteiger partial charge in [0, 0.05) is 6.07 Å². The molecule has 114 valence electrons. The van der Waals surface area contributed by atoms with Crippen molar-refractivity contribution < 1.29 is 19.0 Å². The second-order valence-corrected chi connectivity index (χ2v) is 5.10. The lowest BCUT2D eigenvalue weighted by Crippen LogP contribution is -2.19. The molecule has 0 radical (unpaired) electrons. The summed E-state index contributed by atoms with van der Waals surface area (Å²) in [5.74, 6) is 1.24. The largest absolute Gasteiger partial charge is 0.486 e. The van der Waals surface area contributed by atoms with Crippen molar-refractivity contribution in [2.75, 3.05) is 13.2 Å². The van der Waals surface area contributed by atoms with Gasteiger partial charge < -0.3 is 14.2 Å². The summed E-state index contributed by atoms with van der Waals surface area (Å²) in [6.07, 6.45) is 0.688. The van der Waals surface area contributed by atoms with Gasteiger partial charge in [0.1, 0.15) is 19.0 Å². The molecule has 0 saturated carbocycles. The van der Waals surface area contributed by atoms with Gasteiger partial charge in [0.15, 0.2) is 11.5 Å². The summed E-state index contributed by atoms with van der Waals surface area (Å²) in [5, 5.41) is 0. The van der Waals surface area contributed by atoms with Crippen molar-refractivity contribution in [1.29, 1.82) is 0 Å². The van der Waals surface area contributed by atoms with E-state index in [0.717, 1.165) is 5.56 Å². The number of carbonyl (C=O) groups is 1. The van der Waals surface area contributed by atoms with E-state index in [9.17, 15) is 4.79 Å². The van der Waals surface area contributed by atoms with Crippen LogP contribution in [0.5, 0.6) is 17.2 Å². The van der Waals surface area contributed by atoms with Crippen LogP contribution < -0.4 is 14.2 Å². The minimum Gasteiger partial charge on any atom is -0.486 e. The second-order valence-electron chi connectivity index (χ2n) is 5.10. The summed E-state index contributed by atoms with van der Waals surface area (Å²) in [7, 11) is 0. The summed E-state index contributed by atoms with van der Waals surface area (Å²) in [4.78, 5) is 12.4. The van der Waals surface area contributed by atoms with Gasteiger partial charge in [0.25, 0.3) is 0 Å². The van der Waals surface area contributed by atoms with Gasteiger partial charge in [-0.1, -0.05) is 37.3 Å². The Labute approximate surface area is 129 Å². The number of ether oxygens (including phenoxy) is 3. The highest BCUT2D eigenvalue weighted by Crippen LogP contribution is 2.34. The molecule has 1 atom stereocenters. The maximum Gasteiger partial charge on any atom is 0.318 e. The van der Waals surface area contributed by atoms with Crippen LogP contribution in [0, 0.1) is 0 Å². The highest BCUT2D eigenvalue weighted by atomic mass is 16.6. The number of hydrogen-bond donors (Lipinski definition) is 0. The number of hydrogen-bond acceptors (Lipinski definition) is 4. The lowest BCUT2D eigenvalue weighted by molar-refractivity contribution is -0.136. The van der Waals surface area contributed by atoms with Crippen LogP contribution in [0.4, 0.5) is 0 Å². The van der Waals surface area contributed by atoms with Gasteiger partial charge in [0.05, 0.1) is 5.92 Å². The van der Waals surface area contributed by atoms with Crippen LogP contribution in [0.15, 0.2) is 48.5 Å². The third-order valence-electron chi connectivity index (χ3n) is 3.63. The van der Waals surface area contributed by atoms with Gasteiger partial charge in [-0.3, -0.25) is 4.79 Å². The molecule has 0 amide bonds. The number of carbonyl (C=O) groups excluding carboxylic acids is 1. The molecule has 2 aromatic rings. The molecular formula is C18H18O4. The van der Waals surface area contributed by atoms with E-state index >= 15 is 0 Å². The van der Waals surface area contributed by atoms with Gasteiger partial charge >= 0.3 is 5.97 Å². The Morgan fingerprint density at radius 1 is 1.09 bits per heavy atom. The molecule has 4 nitrogen and oxygen atoms in total. The predicted octanol–water partition coefficient (Wildman–Crippen LogP) is 3.56. The molecule has 1 aliphatic heterocycles. The molecule has 2 aromatic carbocycles. The fourth-order valence-electron chi connectivity index (χ4n) is 2.50. The quantitative estimate of drug-likeness (QED) is 0.639. The molecule has 1 unspecified atom stereocenters. The molecule has 0 saturated heterocycles. The van der Waals surface area contributed by atoms with E-state index in [2.05, 4.69) is 0 Å². The fraction of sp³-hybridized carbons (Fsp3) is 0.278. The number of benzene rings is 2. The van der Waals surface area contributed by atoms with Crippen molar-refractivity contribution in [1.82, 2.24) is 0 Å². The summed E-state index contributed by atoms with van der Waals surface area (Å²) >= 11 is 0. The van der Waals surface area contributed by atoms with Crippen LogP contribution in [-0.2, 0) is 4.79 Å². The Hall–Kier alpha value is -2.49. The molecule has 3 rings (SSSR count). The zero-order valence-electron chi connectivity index (χ0n) is 12.5. The smallest absolute Gasteiger partial charge is 0.318 e. The molecule has 0 bridgehead atoms. The Bertz CT molecular complexity index is 651. The third-order valence-corrected chi connectivity index (χ3v) is 3.63. The van der Waals surface area contributed by atoms with Gasteiger partial charge in [-0.15, -0.1) is 0 Å². The number of fused-ring (bicyclic) bond motifs is 1. The van der Waals surface area contributed by atoms with Crippen molar-refractivity contribution in [3.63, 3.8) is 0 Å². The average Bonchev–Trinajstić information content (AvgIpc) is 2.56. The van der Waals surface area contributed by atoms with E-state index in [-0.39, 0.29) is 11.9 Å². The fourth-order valence-corrected chi connectivity index (χ4v) is 2.50. The van der Waals surface area contributed by atoms with Gasteiger partial charge in [-0.05, 0) is 24.1 Å². The Kier molecular flexibility index (Phi) is 4.28. The van der Waals surface area contributed by atoms with Crippen LogP contribution in [-0.4, -0.2) is 19.2 Å². The van der Waals surface area contributed by atoms with Crippen LogP contribution in [0.1, 0.15) is 24.8 Å². The van der Waals surface area contributed by atoms with E-state index in [1.165, 1.54) is 0 Å². The average molecular weight is 298 g/mol. The highest BCUT2D eigenvalue weighted by Gasteiger charge is 2.21. The molecule has 0 N–H and O–H groups in total. The molecular weight excluding hydrogens is 280 g/mol. The van der Waals surface area contributed by atoms with Crippen LogP contribution >= 0.6 is 0 Å². The van der Waals surface area contributed by atoms with Crippen molar-refractivity contribution in [2.24, 2.45) is 0 Å². The van der Waals surface area contributed by atoms with E-state index < -0.39 is 0 Å². The topological polar surface area (TPSA) is 44.8 Å². The lowest BCUT2D eigenvalue weighted by Gasteiger charge is -2.19. The first kappa shape index (κ1) is 14.4. The Morgan fingerprint density at radius 3 is 2.55 bits per heavy atom. The SMILES string of the molecule is CCC(C(=O)Oc1ccc2c(c1)OCCO2)c1ccccc1. The molecule has 1 aliphatic rings. The standard InChI is InChI=1S/C18H18O4/c1-2-15(13-6-4-3-5-7-13)18(19)22-14-8-9-16-17(12-14)21-11-10-20-16/h3-9,12,15H,2,10-11H2,1H3. The van der Waals surface area contributed by atoms with Crippen LogP contribution in [0.25, 0.3) is 0 Å². The minimum absolute atomic E-state index is 0.259. The zero-order chi connectivity index (χ0) is 15.4. The van der Waals surface area contributed by atoms with Crippen molar-refractivity contribution >= 4 is 5.97 Å². The maximum atomic E-state index is 12.4. The maximum absolute atomic E-state index is 12.4. The highest BCUT2D eigenvalue weighted by molar-refractivity contribution is 5.80. The number of esters is 1. The van der Waals surface area contributed by atoms with Crippen molar-refractivity contribution in [2.45, 2.75) is 19.3 Å². The van der Waals surface area contributed by atoms with E-state index in [1.54, 1.807) is 18.2 Å². The second kappa shape index (κ2) is 6.52. The van der Waals surface area contributed by atoms with Crippen molar-refractivity contribution in [3.05, 3.63) is 54.1 Å². The monoisotopic (exact) mass is 298 g/mol. The summed E-state index contributed by atoms with van der Waals surface area (Å²) < 4.78 is 16.5. The van der Waals surface area contributed by atoms with Gasteiger partial charge in [0.2, 0.25) is 0 Å². The van der Waals surface area contributed by atoms with E-state index in [4.69, 9.17) is 14.2 Å². The Balaban J connectivity index is 1.76. The summed E-state index contributed by atoms with van der Waals surface area (Å²) in [5.41, 5.74) is 0.965. The normalized spacial score (nSPS) is 14.2. The molecule has 4 heteroatoms. The van der Waals surface area contributed by atoms with E-state index in [1.807, 2.05) is 37.3 Å². The first-order valence-corrected chi connectivity index (χ1v) is 7.44. The third kappa shape index (κ3) is 3.06. The zero-order valence-corrected chi connectivity index (χ0v) is 12.5. The molecule has 0 aromatic heterocycles. The van der Waals surface area contributed by atoms with Crippen LogP contribution in [0.3, 0.4) is 0 Å². The molecule has 22 heavy (non-hydrogen) atoms. The lowest BCUT2D eigenvalue weighted by atomic mass is 9.97. The first-order chi connectivity index (χ1) is 10.8. The van der Waals surface area contributed by atoms with Gasteiger partial charge in [-0.2, -0.15) is 0 Å². The molecule has 1 heterocycles. The van der Waals surface area contributed by atoms with E-state index in [0.29, 0.717) is 36.9 Å². The number of rotatable bonds is 4. The predicted molar refractivity (Wildman–Crippen MR) is 82.5 cm³/mol. The molecule has 0 spiro atoms.